The molecular formula is C13H25NO3Si. The molecule has 0 radical (unpaired) electrons. The summed E-state index contributed by atoms with van der Waals surface area (Å²) in [5.41, 5.74) is 0.973. The number of rotatable bonds is 3. The van der Waals surface area contributed by atoms with E-state index in [9.17, 15) is 4.79 Å². The Labute approximate surface area is 111 Å². The van der Waals surface area contributed by atoms with Crippen molar-refractivity contribution >= 4 is 14.4 Å². The van der Waals surface area contributed by atoms with Crippen LogP contribution in [0.25, 0.3) is 0 Å². The molecule has 0 aromatic heterocycles. The van der Waals surface area contributed by atoms with Gasteiger partial charge in [-0.1, -0.05) is 32.9 Å². The van der Waals surface area contributed by atoms with Crippen LogP contribution in [0, 0.1) is 0 Å². The lowest BCUT2D eigenvalue weighted by Crippen LogP contribution is -2.45. The molecule has 1 aliphatic rings. The van der Waals surface area contributed by atoms with Crippen molar-refractivity contribution in [2.75, 3.05) is 13.2 Å². The van der Waals surface area contributed by atoms with Gasteiger partial charge in [0.1, 0.15) is 0 Å². The number of likely N-dealkylation sites (tertiary alicyclic amines) is 1. The van der Waals surface area contributed by atoms with Crippen LogP contribution in [0.5, 0.6) is 0 Å². The zero-order valence-corrected chi connectivity index (χ0v) is 13.1. The van der Waals surface area contributed by atoms with E-state index in [1.165, 1.54) is 4.90 Å². The van der Waals surface area contributed by atoms with Crippen molar-refractivity contribution in [3.63, 3.8) is 0 Å². The van der Waals surface area contributed by atoms with Gasteiger partial charge in [0.15, 0.2) is 8.32 Å². The van der Waals surface area contributed by atoms with Crippen molar-refractivity contribution < 1.29 is 14.3 Å². The van der Waals surface area contributed by atoms with Crippen LogP contribution >= 0.6 is 0 Å². The molecule has 1 N–H and O–H groups in total. The maximum absolute atomic E-state index is 11.1. The summed E-state index contributed by atoms with van der Waals surface area (Å²) in [5, 5.41) is 9.28. The molecule has 1 fully saturated rings. The summed E-state index contributed by atoms with van der Waals surface area (Å²) in [6.45, 7) is 15.7. The minimum absolute atomic E-state index is 0.0656. The average Bonchev–Trinajstić information content (AvgIpc) is 2.55. The van der Waals surface area contributed by atoms with E-state index in [2.05, 4.69) is 40.4 Å². The van der Waals surface area contributed by atoms with E-state index >= 15 is 0 Å². The third kappa shape index (κ3) is 3.35. The van der Waals surface area contributed by atoms with Crippen molar-refractivity contribution in [3.05, 3.63) is 12.2 Å². The van der Waals surface area contributed by atoms with Gasteiger partial charge in [0.25, 0.3) is 0 Å². The normalized spacial score (nSPS) is 21.5. The summed E-state index contributed by atoms with van der Waals surface area (Å²) in [5.74, 6) is 0. The molecule has 18 heavy (non-hydrogen) atoms. The number of hydrogen-bond acceptors (Lipinski definition) is 2. The molecule has 1 heterocycles. The van der Waals surface area contributed by atoms with E-state index in [0.717, 1.165) is 12.0 Å². The van der Waals surface area contributed by atoms with E-state index in [4.69, 9.17) is 9.53 Å². The molecule has 1 amide bonds. The van der Waals surface area contributed by atoms with E-state index in [0.29, 0.717) is 13.2 Å². The highest BCUT2D eigenvalue weighted by Gasteiger charge is 2.39. The zero-order chi connectivity index (χ0) is 14.1. The van der Waals surface area contributed by atoms with Gasteiger partial charge in [-0.25, -0.2) is 4.79 Å². The Bertz CT molecular complexity index is 347. The third-order valence-corrected chi connectivity index (χ3v) is 8.55. The average molecular weight is 271 g/mol. The Balaban J connectivity index is 2.63. The third-order valence-electron chi connectivity index (χ3n) is 4.05. The minimum Gasteiger partial charge on any atom is -0.465 e. The summed E-state index contributed by atoms with van der Waals surface area (Å²) >= 11 is 0. The molecule has 1 aliphatic heterocycles. The van der Waals surface area contributed by atoms with Gasteiger partial charge in [0.2, 0.25) is 0 Å². The first-order valence-electron chi connectivity index (χ1n) is 6.35. The van der Waals surface area contributed by atoms with Crippen molar-refractivity contribution in [1.82, 2.24) is 4.90 Å². The molecular weight excluding hydrogens is 246 g/mol. The number of nitrogens with zero attached hydrogens (tertiary/aromatic N) is 1. The summed E-state index contributed by atoms with van der Waals surface area (Å²) in [6.07, 6.45) is -0.154. The lowest BCUT2D eigenvalue weighted by molar-refractivity contribution is 0.120. The fourth-order valence-electron chi connectivity index (χ4n) is 1.77. The van der Waals surface area contributed by atoms with Crippen molar-refractivity contribution in [3.8, 4) is 0 Å². The smallest absolute Gasteiger partial charge is 0.407 e. The van der Waals surface area contributed by atoms with Crippen molar-refractivity contribution in [2.45, 2.75) is 51.4 Å². The SMILES string of the molecule is C=C1C[C@@H](CO[Si](C)(C)C(C)(C)C)N(C(=O)O)C1. The Hall–Kier alpha value is -0.813. The van der Waals surface area contributed by atoms with Gasteiger partial charge in [0, 0.05) is 6.54 Å². The molecule has 0 unspecified atom stereocenters. The molecule has 0 aromatic rings. The Morgan fingerprint density at radius 2 is 2.11 bits per heavy atom. The van der Waals surface area contributed by atoms with Crippen molar-refractivity contribution in [1.29, 1.82) is 0 Å². The molecule has 0 bridgehead atoms. The quantitative estimate of drug-likeness (QED) is 0.633. The first-order valence-corrected chi connectivity index (χ1v) is 9.25. The Morgan fingerprint density at radius 3 is 2.56 bits per heavy atom. The molecule has 1 atom stereocenters. The Morgan fingerprint density at radius 1 is 1.56 bits per heavy atom. The van der Waals surface area contributed by atoms with Crippen LogP contribution < -0.4 is 0 Å². The number of carboxylic acid groups (broad SMARTS) is 1. The van der Waals surface area contributed by atoms with Gasteiger partial charge >= 0.3 is 6.09 Å². The molecule has 0 aliphatic carbocycles. The topological polar surface area (TPSA) is 49.8 Å². The highest BCUT2D eigenvalue weighted by atomic mass is 28.4. The largest absolute Gasteiger partial charge is 0.465 e. The lowest BCUT2D eigenvalue weighted by atomic mass is 10.2. The van der Waals surface area contributed by atoms with Gasteiger partial charge in [-0.3, -0.25) is 4.90 Å². The van der Waals surface area contributed by atoms with Gasteiger partial charge in [-0.15, -0.1) is 0 Å². The van der Waals surface area contributed by atoms with Crippen LogP contribution in [0.4, 0.5) is 4.79 Å². The maximum Gasteiger partial charge on any atom is 0.407 e. The van der Waals surface area contributed by atoms with Crippen molar-refractivity contribution in [2.24, 2.45) is 0 Å². The molecule has 104 valence electrons. The molecule has 4 nitrogen and oxygen atoms in total. The van der Waals surface area contributed by atoms with E-state index in [-0.39, 0.29) is 11.1 Å². The fraction of sp³-hybridized carbons (Fsp3) is 0.769. The number of carbonyl (C=O) groups is 1. The highest BCUT2D eigenvalue weighted by Crippen LogP contribution is 2.37. The lowest BCUT2D eigenvalue weighted by Gasteiger charge is -2.37. The minimum atomic E-state index is -1.81. The molecule has 1 saturated heterocycles. The van der Waals surface area contributed by atoms with Gasteiger partial charge in [-0.05, 0) is 24.6 Å². The van der Waals surface area contributed by atoms with Crippen LogP contribution in [-0.4, -0.2) is 43.6 Å². The second kappa shape index (κ2) is 5.05. The van der Waals surface area contributed by atoms with Gasteiger partial charge in [0.05, 0.1) is 12.6 Å². The predicted octanol–water partition coefficient (Wildman–Crippen LogP) is 3.32. The number of hydrogen-bond donors (Lipinski definition) is 1. The Kier molecular flexibility index (Phi) is 4.28. The molecule has 1 rings (SSSR count). The molecule has 0 aromatic carbocycles. The van der Waals surface area contributed by atoms with Crippen LogP contribution in [0.3, 0.4) is 0 Å². The fourth-order valence-corrected chi connectivity index (χ4v) is 2.81. The first-order chi connectivity index (χ1) is 8.04. The second-order valence-electron chi connectivity index (χ2n) is 6.59. The second-order valence-corrected chi connectivity index (χ2v) is 11.4. The van der Waals surface area contributed by atoms with E-state index < -0.39 is 14.4 Å². The standard InChI is InChI=1S/C13H25NO3Si/c1-10-7-11(14(8-10)12(15)16)9-17-18(5,6)13(2,3)4/h11H,1,7-9H2,2-6H3,(H,15,16)/t11-/m0/s1. The van der Waals surface area contributed by atoms with E-state index in [1.807, 2.05) is 0 Å². The van der Waals surface area contributed by atoms with E-state index in [1.54, 1.807) is 0 Å². The maximum atomic E-state index is 11.1. The summed E-state index contributed by atoms with van der Waals surface area (Å²) in [4.78, 5) is 12.6. The summed E-state index contributed by atoms with van der Waals surface area (Å²) < 4.78 is 6.10. The molecule has 5 heteroatoms. The highest BCUT2D eigenvalue weighted by molar-refractivity contribution is 6.74. The number of amides is 1. The van der Waals surface area contributed by atoms with Crippen LogP contribution in [0.2, 0.25) is 18.1 Å². The van der Waals surface area contributed by atoms with Gasteiger partial charge < -0.3 is 9.53 Å². The molecule has 0 saturated carbocycles. The predicted molar refractivity (Wildman–Crippen MR) is 75.4 cm³/mol. The van der Waals surface area contributed by atoms with Crippen LogP contribution in [0.1, 0.15) is 27.2 Å². The monoisotopic (exact) mass is 271 g/mol. The van der Waals surface area contributed by atoms with Crippen LogP contribution in [-0.2, 0) is 4.43 Å². The zero-order valence-electron chi connectivity index (χ0n) is 12.1. The van der Waals surface area contributed by atoms with Gasteiger partial charge in [-0.2, -0.15) is 0 Å². The van der Waals surface area contributed by atoms with Crippen LogP contribution in [0.15, 0.2) is 12.2 Å². The summed E-state index contributed by atoms with van der Waals surface area (Å²) in [6, 6.07) is -0.0656. The molecule has 0 spiro atoms. The first kappa shape index (κ1) is 15.2. The summed E-state index contributed by atoms with van der Waals surface area (Å²) in [7, 11) is -1.81.